The zero-order valence-electron chi connectivity index (χ0n) is 8.79. The molecule has 6 heteroatoms. The third-order valence-corrected chi connectivity index (χ3v) is 3.23. The van der Waals surface area contributed by atoms with Crippen LogP contribution >= 0.6 is 27.5 Å². The number of nitrogens with zero attached hydrogens (tertiary/aromatic N) is 2. The Hall–Kier alpha value is -0.550. The first-order valence-electron chi connectivity index (χ1n) is 4.56. The van der Waals surface area contributed by atoms with Crippen LogP contribution in [0.3, 0.4) is 0 Å². The standard InChI is InChI=1S/C9H13BrClN3O/c1-5(10)6(2)13-9(15)8-7(11)4-12-14(8)3/h4-6H,1-3H3,(H,13,15). The molecule has 4 nitrogen and oxygen atoms in total. The van der Waals surface area contributed by atoms with Gasteiger partial charge >= 0.3 is 0 Å². The van der Waals surface area contributed by atoms with E-state index in [0.29, 0.717) is 10.7 Å². The maximum absolute atomic E-state index is 11.8. The van der Waals surface area contributed by atoms with Crippen molar-refractivity contribution in [2.45, 2.75) is 24.7 Å². The third kappa shape index (κ3) is 2.95. The summed E-state index contributed by atoms with van der Waals surface area (Å²) in [6.45, 7) is 3.89. The Morgan fingerprint density at radius 3 is 2.67 bits per heavy atom. The zero-order valence-corrected chi connectivity index (χ0v) is 11.1. The van der Waals surface area contributed by atoms with Gasteiger partial charge in [0.25, 0.3) is 5.91 Å². The van der Waals surface area contributed by atoms with E-state index < -0.39 is 0 Å². The van der Waals surface area contributed by atoms with Gasteiger partial charge in [0, 0.05) is 17.9 Å². The molecule has 0 aromatic carbocycles. The van der Waals surface area contributed by atoms with Crippen LogP contribution in [0.25, 0.3) is 0 Å². The van der Waals surface area contributed by atoms with Gasteiger partial charge in [0.05, 0.1) is 11.2 Å². The number of nitrogens with one attached hydrogen (secondary N) is 1. The molecule has 0 aliphatic carbocycles. The molecular formula is C9H13BrClN3O. The van der Waals surface area contributed by atoms with E-state index in [4.69, 9.17) is 11.6 Å². The molecule has 1 heterocycles. The van der Waals surface area contributed by atoms with Crippen molar-refractivity contribution in [3.8, 4) is 0 Å². The molecule has 1 aromatic heterocycles. The van der Waals surface area contributed by atoms with Crippen molar-refractivity contribution in [2.75, 3.05) is 0 Å². The van der Waals surface area contributed by atoms with Crippen molar-refractivity contribution < 1.29 is 4.79 Å². The lowest BCUT2D eigenvalue weighted by atomic mass is 10.2. The van der Waals surface area contributed by atoms with Crippen LogP contribution in [0.5, 0.6) is 0 Å². The molecular weight excluding hydrogens is 281 g/mol. The number of rotatable bonds is 3. The topological polar surface area (TPSA) is 46.9 Å². The van der Waals surface area contributed by atoms with Gasteiger partial charge in [-0.05, 0) is 6.92 Å². The van der Waals surface area contributed by atoms with E-state index >= 15 is 0 Å². The minimum absolute atomic E-state index is 0.0310. The summed E-state index contributed by atoms with van der Waals surface area (Å²) in [5, 5.41) is 7.10. The second-order valence-electron chi connectivity index (χ2n) is 3.40. The molecule has 0 fully saturated rings. The maximum atomic E-state index is 11.8. The van der Waals surface area contributed by atoms with Crippen LogP contribution in [0, 0.1) is 0 Å². The van der Waals surface area contributed by atoms with Crippen LogP contribution in [0.2, 0.25) is 5.02 Å². The number of amides is 1. The van der Waals surface area contributed by atoms with E-state index in [9.17, 15) is 4.79 Å². The molecule has 1 N–H and O–H groups in total. The second kappa shape index (κ2) is 4.99. The number of hydrogen-bond acceptors (Lipinski definition) is 2. The van der Waals surface area contributed by atoms with Crippen LogP contribution in [0.15, 0.2) is 6.20 Å². The Morgan fingerprint density at radius 1 is 1.67 bits per heavy atom. The highest BCUT2D eigenvalue weighted by molar-refractivity contribution is 9.09. The maximum Gasteiger partial charge on any atom is 0.271 e. The summed E-state index contributed by atoms with van der Waals surface area (Å²) in [7, 11) is 1.68. The van der Waals surface area contributed by atoms with Crippen LogP contribution in [0.4, 0.5) is 0 Å². The molecule has 2 unspecified atom stereocenters. The smallest absolute Gasteiger partial charge is 0.271 e. The van der Waals surface area contributed by atoms with Crippen LogP contribution < -0.4 is 5.32 Å². The normalized spacial score (nSPS) is 14.7. The molecule has 0 bridgehead atoms. The van der Waals surface area contributed by atoms with Crippen molar-refractivity contribution in [2.24, 2.45) is 7.05 Å². The molecule has 0 aliphatic rings. The van der Waals surface area contributed by atoms with Crippen molar-refractivity contribution >= 4 is 33.4 Å². The lowest BCUT2D eigenvalue weighted by molar-refractivity contribution is 0.0931. The number of alkyl halides is 1. The molecule has 1 aromatic rings. The molecule has 0 radical (unpaired) electrons. The van der Waals surface area contributed by atoms with Crippen molar-refractivity contribution in [3.63, 3.8) is 0 Å². The zero-order chi connectivity index (χ0) is 11.6. The van der Waals surface area contributed by atoms with Gasteiger partial charge < -0.3 is 5.32 Å². The number of carbonyl (C=O) groups is 1. The van der Waals surface area contributed by atoms with Crippen LogP contribution in [-0.2, 0) is 7.05 Å². The molecule has 2 atom stereocenters. The Kier molecular flexibility index (Phi) is 4.16. The van der Waals surface area contributed by atoms with Crippen molar-refractivity contribution in [1.29, 1.82) is 0 Å². The van der Waals surface area contributed by atoms with Gasteiger partial charge in [-0.25, -0.2) is 0 Å². The Balaban J connectivity index is 2.78. The van der Waals surface area contributed by atoms with Gasteiger partial charge in [-0.15, -0.1) is 0 Å². The van der Waals surface area contributed by atoms with Crippen molar-refractivity contribution in [1.82, 2.24) is 15.1 Å². The number of hydrogen-bond donors (Lipinski definition) is 1. The highest BCUT2D eigenvalue weighted by Crippen LogP contribution is 2.14. The Morgan fingerprint density at radius 2 is 2.27 bits per heavy atom. The molecule has 15 heavy (non-hydrogen) atoms. The van der Waals surface area contributed by atoms with E-state index in [2.05, 4.69) is 26.3 Å². The first kappa shape index (κ1) is 12.5. The Bertz CT molecular complexity index is 345. The molecule has 0 saturated heterocycles. The summed E-state index contributed by atoms with van der Waals surface area (Å²) in [5.41, 5.74) is 0.386. The summed E-state index contributed by atoms with van der Waals surface area (Å²) in [6.07, 6.45) is 1.46. The monoisotopic (exact) mass is 293 g/mol. The van der Waals surface area contributed by atoms with Gasteiger partial charge in [0.2, 0.25) is 0 Å². The van der Waals surface area contributed by atoms with Crippen molar-refractivity contribution in [3.05, 3.63) is 16.9 Å². The Labute approximate surface area is 102 Å². The SMILES string of the molecule is CC(Br)C(C)NC(=O)c1c(Cl)cnn1C. The quantitative estimate of drug-likeness (QED) is 0.867. The number of halogens is 2. The predicted octanol–water partition coefficient (Wildman–Crippen LogP) is 1.98. The highest BCUT2D eigenvalue weighted by atomic mass is 79.9. The van der Waals surface area contributed by atoms with E-state index in [0.717, 1.165) is 0 Å². The van der Waals surface area contributed by atoms with Gasteiger partial charge in [0.1, 0.15) is 5.69 Å². The summed E-state index contributed by atoms with van der Waals surface area (Å²) in [5.74, 6) is -0.209. The average Bonchev–Trinajstić information content (AvgIpc) is 2.45. The van der Waals surface area contributed by atoms with E-state index in [-0.39, 0.29) is 16.8 Å². The minimum atomic E-state index is -0.209. The predicted molar refractivity (Wildman–Crippen MR) is 63.5 cm³/mol. The number of aryl methyl sites for hydroxylation is 1. The third-order valence-electron chi connectivity index (χ3n) is 2.16. The summed E-state index contributed by atoms with van der Waals surface area (Å²) in [4.78, 5) is 12.0. The molecule has 0 spiro atoms. The van der Waals surface area contributed by atoms with Gasteiger partial charge in [-0.2, -0.15) is 5.10 Å². The molecule has 1 amide bonds. The molecule has 1 rings (SSSR count). The van der Waals surface area contributed by atoms with Gasteiger partial charge in [0.15, 0.2) is 0 Å². The lowest BCUT2D eigenvalue weighted by Crippen LogP contribution is -2.38. The minimum Gasteiger partial charge on any atom is -0.347 e. The fraction of sp³-hybridized carbons (Fsp3) is 0.556. The van der Waals surface area contributed by atoms with E-state index in [1.54, 1.807) is 7.05 Å². The average molecular weight is 295 g/mol. The van der Waals surface area contributed by atoms with Crippen LogP contribution in [-0.4, -0.2) is 26.6 Å². The number of aromatic nitrogens is 2. The van der Waals surface area contributed by atoms with Gasteiger partial charge in [-0.1, -0.05) is 34.5 Å². The summed E-state index contributed by atoms with van der Waals surface area (Å²) < 4.78 is 1.46. The summed E-state index contributed by atoms with van der Waals surface area (Å²) >= 11 is 9.25. The molecule has 84 valence electrons. The van der Waals surface area contributed by atoms with Gasteiger partial charge in [-0.3, -0.25) is 9.48 Å². The lowest BCUT2D eigenvalue weighted by Gasteiger charge is -2.16. The fourth-order valence-electron chi connectivity index (χ4n) is 1.06. The fourth-order valence-corrected chi connectivity index (χ4v) is 1.44. The molecule has 0 saturated carbocycles. The number of carbonyl (C=O) groups excluding carboxylic acids is 1. The first-order valence-corrected chi connectivity index (χ1v) is 5.85. The second-order valence-corrected chi connectivity index (χ2v) is 5.26. The highest BCUT2D eigenvalue weighted by Gasteiger charge is 2.18. The molecule has 0 aliphatic heterocycles. The van der Waals surface area contributed by atoms with E-state index in [1.807, 2.05) is 13.8 Å². The van der Waals surface area contributed by atoms with Crippen LogP contribution in [0.1, 0.15) is 24.3 Å². The van der Waals surface area contributed by atoms with E-state index in [1.165, 1.54) is 10.9 Å². The summed E-state index contributed by atoms with van der Waals surface area (Å²) in [6, 6.07) is 0.0310. The first-order chi connectivity index (χ1) is 6.93. The largest absolute Gasteiger partial charge is 0.347 e.